The normalized spacial score (nSPS) is 20.4. The summed E-state index contributed by atoms with van der Waals surface area (Å²) in [7, 11) is 2.15. The molecule has 7 nitrogen and oxygen atoms in total. The molecular formula is C47H44N2O5. The van der Waals surface area contributed by atoms with Gasteiger partial charge in [-0.25, -0.2) is 0 Å². The summed E-state index contributed by atoms with van der Waals surface area (Å²) in [4.78, 5) is 30.0. The molecule has 0 aromatic heterocycles. The predicted octanol–water partition coefficient (Wildman–Crippen LogP) is 9.28. The van der Waals surface area contributed by atoms with Crippen LogP contribution in [0.2, 0.25) is 0 Å². The lowest BCUT2D eigenvalue weighted by Crippen LogP contribution is -2.44. The third-order valence-electron chi connectivity index (χ3n) is 11.2. The number of rotatable bonds is 10. The summed E-state index contributed by atoms with van der Waals surface area (Å²) in [6.07, 6.45) is -0.981. The van der Waals surface area contributed by atoms with Gasteiger partial charge in [-0.1, -0.05) is 128 Å². The Bertz CT molecular complexity index is 2270. The van der Waals surface area contributed by atoms with Crippen molar-refractivity contribution in [3.8, 4) is 11.1 Å². The van der Waals surface area contributed by atoms with E-state index < -0.39 is 6.29 Å². The van der Waals surface area contributed by atoms with E-state index in [-0.39, 0.29) is 49.1 Å². The third-order valence-corrected chi connectivity index (χ3v) is 11.2. The minimum Gasteiger partial charge on any atom is -0.392 e. The van der Waals surface area contributed by atoms with Crippen molar-refractivity contribution in [2.75, 3.05) is 13.6 Å². The number of fused-ring (bicyclic) bond motifs is 2. The SMILES string of the molecule is C[C@H]1[C@@H](CN(C)[C@H](C)c2ccc3ccccc3c2)O[C@@H](c2ccc(-c3ccccc3CN3C(=O)c4ccccc4C3=O)cc2)O[C@H]1c1ccc(CO)cc1. The zero-order chi connectivity index (χ0) is 37.3. The molecule has 54 heavy (non-hydrogen) atoms. The van der Waals surface area contributed by atoms with E-state index in [1.54, 1.807) is 24.3 Å². The Morgan fingerprint density at radius 2 is 1.31 bits per heavy atom. The van der Waals surface area contributed by atoms with Crippen molar-refractivity contribution in [3.63, 3.8) is 0 Å². The zero-order valence-electron chi connectivity index (χ0n) is 30.8. The highest BCUT2D eigenvalue weighted by Crippen LogP contribution is 2.43. The topological polar surface area (TPSA) is 79.3 Å². The predicted molar refractivity (Wildman–Crippen MR) is 210 cm³/mol. The number of nitrogens with zero attached hydrogens (tertiary/aromatic N) is 2. The number of carbonyl (C=O) groups is 2. The number of carbonyl (C=O) groups excluding carboxylic acids is 2. The summed E-state index contributed by atoms with van der Waals surface area (Å²) >= 11 is 0. The van der Waals surface area contributed by atoms with Gasteiger partial charge in [-0.15, -0.1) is 0 Å². The smallest absolute Gasteiger partial charge is 0.261 e. The number of hydrogen-bond acceptors (Lipinski definition) is 6. The van der Waals surface area contributed by atoms with Crippen LogP contribution in [0.3, 0.4) is 0 Å². The second-order valence-corrected chi connectivity index (χ2v) is 14.6. The molecular weight excluding hydrogens is 673 g/mol. The molecule has 2 heterocycles. The summed E-state index contributed by atoms with van der Waals surface area (Å²) in [6.45, 7) is 5.29. The molecule has 2 amide bonds. The van der Waals surface area contributed by atoms with Gasteiger partial charge in [-0.3, -0.25) is 19.4 Å². The minimum absolute atomic E-state index is 0.0129. The first kappa shape index (κ1) is 35.6. The van der Waals surface area contributed by atoms with Crippen LogP contribution in [0.25, 0.3) is 21.9 Å². The van der Waals surface area contributed by atoms with Crippen molar-refractivity contribution in [1.82, 2.24) is 9.80 Å². The van der Waals surface area contributed by atoms with Gasteiger partial charge in [0.05, 0.1) is 36.5 Å². The summed E-state index contributed by atoms with van der Waals surface area (Å²) in [6, 6.07) is 46.3. The van der Waals surface area contributed by atoms with Crippen LogP contribution in [0, 0.1) is 5.92 Å². The molecule has 0 saturated carbocycles. The molecule has 0 aliphatic carbocycles. The van der Waals surface area contributed by atoms with Crippen molar-refractivity contribution < 1.29 is 24.2 Å². The van der Waals surface area contributed by atoms with E-state index in [0.29, 0.717) is 17.7 Å². The van der Waals surface area contributed by atoms with Gasteiger partial charge in [-0.05, 0) is 76.3 Å². The van der Waals surface area contributed by atoms with Gasteiger partial charge < -0.3 is 14.6 Å². The Hall–Kier alpha value is -5.44. The summed E-state index contributed by atoms with van der Waals surface area (Å²) in [5.74, 6) is -0.497. The Balaban J connectivity index is 1.04. The van der Waals surface area contributed by atoms with Gasteiger partial charge in [0.2, 0.25) is 0 Å². The Morgan fingerprint density at radius 3 is 2.00 bits per heavy atom. The molecule has 2 aliphatic heterocycles. The van der Waals surface area contributed by atoms with Crippen molar-refractivity contribution in [1.29, 1.82) is 0 Å². The summed E-state index contributed by atoms with van der Waals surface area (Å²) in [5, 5.41) is 12.1. The molecule has 2 aliphatic rings. The Morgan fingerprint density at radius 1 is 0.704 bits per heavy atom. The minimum atomic E-state index is -0.610. The van der Waals surface area contributed by atoms with Gasteiger partial charge >= 0.3 is 0 Å². The average molecular weight is 717 g/mol. The molecule has 0 radical (unpaired) electrons. The van der Waals surface area contributed by atoms with E-state index in [9.17, 15) is 14.7 Å². The van der Waals surface area contributed by atoms with E-state index in [0.717, 1.165) is 33.4 Å². The fourth-order valence-corrected chi connectivity index (χ4v) is 7.80. The van der Waals surface area contributed by atoms with Gasteiger partial charge in [0, 0.05) is 24.1 Å². The van der Waals surface area contributed by atoms with Crippen molar-refractivity contribution in [2.45, 2.75) is 51.5 Å². The number of imide groups is 1. The maximum Gasteiger partial charge on any atom is 0.261 e. The van der Waals surface area contributed by atoms with Gasteiger partial charge in [-0.2, -0.15) is 0 Å². The highest BCUT2D eigenvalue weighted by molar-refractivity contribution is 6.21. The fraction of sp³-hybridized carbons (Fsp3) is 0.234. The second kappa shape index (κ2) is 15.1. The highest BCUT2D eigenvalue weighted by atomic mass is 16.7. The lowest BCUT2D eigenvalue weighted by molar-refractivity contribution is -0.276. The van der Waals surface area contributed by atoms with Crippen LogP contribution in [0.4, 0.5) is 0 Å². The molecule has 6 aromatic carbocycles. The molecule has 0 bridgehead atoms. The Labute approximate surface area is 316 Å². The van der Waals surface area contributed by atoms with Crippen LogP contribution in [0.1, 0.15) is 80.8 Å². The van der Waals surface area contributed by atoms with Crippen LogP contribution in [-0.2, 0) is 22.6 Å². The summed E-state index contributed by atoms with van der Waals surface area (Å²) in [5.41, 5.74) is 7.74. The van der Waals surface area contributed by atoms with Crippen molar-refractivity contribution in [3.05, 3.63) is 178 Å². The quantitative estimate of drug-likeness (QED) is 0.143. The average Bonchev–Trinajstić information content (AvgIpc) is 3.46. The van der Waals surface area contributed by atoms with Crippen LogP contribution < -0.4 is 0 Å². The molecule has 272 valence electrons. The third kappa shape index (κ3) is 6.88. The van der Waals surface area contributed by atoms with Crippen LogP contribution in [0.5, 0.6) is 0 Å². The van der Waals surface area contributed by atoms with E-state index in [1.165, 1.54) is 21.2 Å². The van der Waals surface area contributed by atoms with Crippen molar-refractivity contribution >= 4 is 22.6 Å². The number of aliphatic hydroxyl groups is 1. The van der Waals surface area contributed by atoms with Gasteiger partial charge in [0.15, 0.2) is 6.29 Å². The molecule has 0 spiro atoms. The van der Waals surface area contributed by atoms with Crippen LogP contribution in [0.15, 0.2) is 140 Å². The first-order valence-corrected chi connectivity index (χ1v) is 18.6. The maximum absolute atomic E-state index is 13.2. The molecule has 7 heteroatoms. The monoisotopic (exact) mass is 716 g/mol. The standard InChI is InChI=1S/C47H44N2O5/c1-30-43(28-48(3)31(2)37-25-20-33-10-4-5-11-38(33)26-37)53-47(54-44(30)35-18-16-32(29-50)17-19-35)36-23-21-34(22-24-36)40-13-7-6-12-39(40)27-49-45(51)41-14-8-9-15-42(41)46(49)52/h4-26,30-31,43-44,47,50H,27-29H2,1-3H3/t30-,31+,43+,44+,47+/m0/s1. The van der Waals surface area contributed by atoms with E-state index in [2.05, 4.69) is 80.4 Å². The number of amides is 2. The number of ether oxygens (including phenoxy) is 2. The molecule has 0 unspecified atom stereocenters. The van der Waals surface area contributed by atoms with Crippen LogP contribution in [-0.4, -0.2) is 46.4 Å². The number of aliphatic hydroxyl groups excluding tert-OH is 1. The second-order valence-electron chi connectivity index (χ2n) is 14.6. The fourth-order valence-electron chi connectivity index (χ4n) is 7.80. The van der Waals surface area contributed by atoms with Gasteiger partial charge in [0.1, 0.15) is 0 Å². The van der Waals surface area contributed by atoms with Crippen LogP contribution >= 0.6 is 0 Å². The first-order valence-electron chi connectivity index (χ1n) is 18.6. The van der Waals surface area contributed by atoms with E-state index in [1.807, 2.05) is 60.7 Å². The molecule has 6 aromatic rings. The summed E-state index contributed by atoms with van der Waals surface area (Å²) < 4.78 is 13.6. The van der Waals surface area contributed by atoms with Gasteiger partial charge in [0.25, 0.3) is 11.8 Å². The molecule has 8 rings (SSSR count). The first-order chi connectivity index (χ1) is 26.3. The molecule has 1 saturated heterocycles. The maximum atomic E-state index is 13.2. The van der Waals surface area contributed by atoms with E-state index >= 15 is 0 Å². The molecule has 1 fully saturated rings. The lowest BCUT2D eigenvalue weighted by atomic mass is 9.89. The lowest BCUT2D eigenvalue weighted by Gasteiger charge is -2.43. The highest BCUT2D eigenvalue weighted by Gasteiger charge is 2.39. The number of hydrogen-bond donors (Lipinski definition) is 1. The number of likely N-dealkylation sites (N-methyl/N-ethyl adjacent to an activating group) is 1. The molecule has 1 N–H and O–H groups in total. The molecule has 5 atom stereocenters. The number of benzene rings is 6. The zero-order valence-corrected chi connectivity index (χ0v) is 30.8. The van der Waals surface area contributed by atoms with Crippen molar-refractivity contribution in [2.24, 2.45) is 5.92 Å². The van der Waals surface area contributed by atoms with E-state index in [4.69, 9.17) is 9.47 Å². The Kier molecular flexibility index (Phi) is 9.97. The largest absolute Gasteiger partial charge is 0.392 e.